The molecular formula is C16H18N6O4. The fourth-order valence-electron chi connectivity index (χ4n) is 2.47. The second-order valence-corrected chi connectivity index (χ2v) is 5.73. The molecule has 1 aliphatic rings. The van der Waals surface area contributed by atoms with E-state index in [1.54, 1.807) is 28.9 Å². The third-order valence-corrected chi connectivity index (χ3v) is 3.84. The molecule has 0 atom stereocenters. The van der Waals surface area contributed by atoms with E-state index in [1.165, 1.54) is 0 Å². The Labute approximate surface area is 149 Å². The highest BCUT2D eigenvalue weighted by Gasteiger charge is 2.28. The van der Waals surface area contributed by atoms with Crippen molar-refractivity contribution < 1.29 is 19.1 Å². The minimum Gasteiger partial charge on any atom is -0.454 e. The molecule has 1 saturated heterocycles. The Balaban J connectivity index is 1.57. The number of nitrogens with one attached hydrogen (secondary N) is 1. The maximum atomic E-state index is 12.1. The lowest BCUT2D eigenvalue weighted by Gasteiger charge is -2.12. The lowest BCUT2D eigenvalue weighted by Crippen LogP contribution is -2.30. The SMILES string of the molecule is CCCn1nnnc1COC(=O)c1ccc(CN2C(=O)CNC2=O)cc1. The Hall–Kier alpha value is -3.30. The van der Waals surface area contributed by atoms with Crippen molar-refractivity contribution in [3.05, 3.63) is 41.2 Å². The van der Waals surface area contributed by atoms with Gasteiger partial charge in [-0.25, -0.2) is 14.3 Å². The number of benzene rings is 1. The van der Waals surface area contributed by atoms with Crippen LogP contribution in [0.25, 0.3) is 0 Å². The summed E-state index contributed by atoms with van der Waals surface area (Å²) in [5.74, 6) is -0.295. The number of carbonyl (C=O) groups is 3. The first-order chi connectivity index (χ1) is 12.6. The van der Waals surface area contributed by atoms with Crippen molar-refractivity contribution in [1.29, 1.82) is 0 Å². The summed E-state index contributed by atoms with van der Waals surface area (Å²) in [5.41, 5.74) is 1.10. The zero-order valence-electron chi connectivity index (χ0n) is 14.2. The van der Waals surface area contributed by atoms with Crippen molar-refractivity contribution in [2.45, 2.75) is 33.0 Å². The van der Waals surface area contributed by atoms with Crippen molar-refractivity contribution in [2.24, 2.45) is 0 Å². The van der Waals surface area contributed by atoms with Crippen LogP contribution >= 0.6 is 0 Å². The Morgan fingerprint density at radius 3 is 2.69 bits per heavy atom. The van der Waals surface area contributed by atoms with E-state index in [0.29, 0.717) is 17.9 Å². The first-order valence-electron chi connectivity index (χ1n) is 8.17. The molecule has 1 aliphatic heterocycles. The molecular weight excluding hydrogens is 340 g/mol. The van der Waals surface area contributed by atoms with E-state index in [4.69, 9.17) is 4.74 Å². The van der Waals surface area contributed by atoms with Crippen molar-refractivity contribution in [1.82, 2.24) is 30.4 Å². The lowest BCUT2D eigenvalue weighted by molar-refractivity contribution is -0.125. The molecule has 1 aromatic heterocycles. The maximum Gasteiger partial charge on any atom is 0.338 e. The molecule has 26 heavy (non-hydrogen) atoms. The van der Waals surface area contributed by atoms with Gasteiger partial charge in [-0.1, -0.05) is 19.1 Å². The molecule has 1 fully saturated rings. The van der Waals surface area contributed by atoms with Gasteiger partial charge in [-0.2, -0.15) is 0 Å². The van der Waals surface area contributed by atoms with E-state index in [9.17, 15) is 14.4 Å². The van der Waals surface area contributed by atoms with Gasteiger partial charge in [0, 0.05) is 6.54 Å². The Morgan fingerprint density at radius 1 is 1.27 bits per heavy atom. The van der Waals surface area contributed by atoms with Gasteiger partial charge >= 0.3 is 12.0 Å². The number of imide groups is 1. The van der Waals surface area contributed by atoms with Gasteiger partial charge in [-0.15, -0.1) is 5.10 Å². The minimum absolute atomic E-state index is 0.0146. The largest absolute Gasteiger partial charge is 0.454 e. The van der Waals surface area contributed by atoms with Crippen LogP contribution < -0.4 is 5.32 Å². The van der Waals surface area contributed by atoms with Crippen LogP contribution in [-0.4, -0.2) is 49.6 Å². The van der Waals surface area contributed by atoms with Gasteiger partial charge in [-0.05, 0) is 34.5 Å². The molecule has 1 N–H and O–H groups in total. The number of rotatable bonds is 7. The van der Waals surface area contributed by atoms with Crippen LogP contribution in [0.1, 0.15) is 35.1 Å². The summed E-state index contributed by atoms with van der Waals surface area (Å²) in [6, 6.07) is 6.12. The summed E-state index contributed by atoms with van der Waals surface area (Å²) in [5, 5.41) is 13.7. The molecule has 0 radical (unpaired) electrons. The van der Waals surface area contributed by atoms with Crippen LogP contribution in [0.3, 0.4) is 0 Å². The zero-order valence-corrected chi connectivity index (χ0v) is 14.2. The number of hydrogen-bond acceptors (Lipinski definition) is 7. The van der Waals surface area contributed by atoms with E-state index in [0.717, 1.165) is 16.9 Å². The number of hydrogen-bond donors (Lipinski definition) is 1. The molecule has 10 heteroatoms. The molecule has 3 rings (SSSR count). The highest BCUT2D eigenvalue weighted by Crippen LogP contribution is 2.11. The monoisotopic (exact) mass is 358 g/mol. The highest BCUT2D eigenvalue weighted by atomic mass is 16.5. The molecule has 0 saturated carbocycles. The van der Waals surface area contributed by atoms with E-state index in [2.05, 4.69) is 20.8 Å². The van der Waals surface area contributed by atoms with Gasteiger partial charge in [0.15, 0.2) is 12.4 Å². The number of ether oxygens (including phenoxy) is 1. The zero-order chi connectivity index (χ0) is 18.5. The number of aromatic nitrogens is 4. The molecule has 1 aromatic carbocycles. The number of aryl methyl sites for hydroxylation is 1. The predicted molar refractivity (Wildman–Crippen MR) is 87.6 cm³/mol. The molecule has 3 amide bonds. The van der Waals surface area contributed by atoms with Gasteiger partial charge in [-0.3, -0.25) is 9.69 Å². The number of nitrogens with zero attached hydrogens (tertiary/aromatic N) is 5. The van der Waals surface area contributed by atoms with Gasteiger partial charge in [0.1, 0.15) is 0 Å². The van der Waals surface area contributed by atoms with Gasteiger partial charge in [0.25, 0.3) is 0 Å². The van der Waals surface area contributed by atoms with E-state index in [1.807, 2.05) is 6.92 Å². The number of tetrazole rings is 1. The topological polar surface area (TPSA) is 119 Å². The number of esters is 1. The summed E-state index contributed by atoms with van der Waals surface area (Å²) in [6.45, 7) is 2.80. The average Bonchev–Trinajstić information content (AvgIpc) is 3.22. The molecule has 2 aromatic rings. The van der Waals surface area contributed by atoms with Crippen LogP contribution in [-0.2, 0) is 29.2 Å². The number of carbonyl (C=O) groups excluding carboxylic acids is 3. The summed E-state index contributed by atoms with van der Waals surface area (Å²) < 4.78 is 6.83. The Morgan fingerprint density at radius 2 is 2.04 bits per heavy atom. The van der Waals surface area contributed by atoms with Crippen LogP contribution in [0, 0.1) is 0 Å². The van der Waals surface area contributed by atoms with Gasteiger partial charge in [0.2, 0.25) is 5.91 Å². The summed E-state index contributed by atoms with van der Waals surface area (Å²) in [4.78, 5) is 36.4. The molecule has 0 unspecified atom stereocenters. The van der Waals surface area contributed by atoms with Crippen molar-refractivity contribution >= 4 is 17.9 Å². The van der Waals surface area contributed by atoms with Gasteiger partial charge < -0.3 is 10.1 Å². The number of urea groups is 1. The van der Waals surface area contributed by atoms with E-state index in [-0.39, 0.29) is 25.6 Å². The summed E-state index contributed by atoms with van der Waals surface area (Å²) >= 11 is 0. The second-order valence-electron chi connectivity index (χ2n) is 5.73. The molecule has 10 nitrogen and oxygen atoms in total. The molecule has 0 aliphatic carbocycles. The van der Waals surface area contributed by atoms with E-state index >= 15 is 0 Å². The van der Waals surface area contributed by atoms with Crippen molar-refractivity contribution in [3.63, 3.8) is 0 Å². The maximum absolute atomic E-state index is 12.1. The standard InChI is InChI=1S/C16H18N6O4/c1-2-7-22-13(18-19-20-22)10-26-15(24)12-5-3-11(4-6-12)9-21-14(23)8-17-16(21)25/h3-6H,2,7-10H2,1H3,(H,17,25). The minimum atomic E-state index is -0.502. The molecule has 136 valence electrons. The van der Waals surface area contributed by atoms with Crippen LogP contribution in [0.4, 0.5) is 4.79 Å². The molecule has 0 spiro atoms. The van der Waals surface area contributed by atoms with Crippen LogP contribution in [0.5, 0.6) is 0 Å². The van der Waals surface area contributed by atoms with Crippen LogP contribution in [0.15, 0.2) is 24.3 Å². The first kappa shape index (κ1) is 17.5. The Kier molecular flexibility index (Phi) is 5.20. The molecule has 2 heterocycles. The number of amides is 3. The first-order valence-corrected chi connectivity index (χ1v) is 8.17. The van der Waals surface area contributed by atoms with Crippen molar-refractivity contribution in [2.75, 3.05) is 6.54 Å². The van der Waals surface area contributed by atoms with Gasteiger partial charge in [0.05, 0.1) is 18.7 Å². The third kappa shape index (κ3) is 3.85. The molecule has 0 bridgehead atoms. The van der Waals surface area contributed by atoms with Crippen LogP contribution in [0.2, 0.25) is 0 Å². The lowest BCUT2D eigenvalue weighted by atomic mass is 10.1. The average molecular weight is 358 g/mol. The highest BCUT2D eigenvalue weighted by molar-refractivity contribution is 6.01. The smallest absolute Gasteiger partial charge is 0.338 e. The van der Waals surface area contributed by atoms with E-state index < -0.39 is 12.0 Å². The van der Waals surface area contributed by atoms with Crippen molar-refractivity contribution in [3.8, 4) is 0 Å². The summed E-state index contributed by atoms with van der Waals surface area (Å²) in [7, 11) is 0. The fraction of sp³-hybridized carbons (Fsp3) is 0.375. The quantitative estimate of drug-likeness (QED) is 0.565. The fourth-order valence-corrected chi connectivity index (χ4v) is 2.47. The normalized spacial score (nSPS) is 13.8. The predicted octanol–water partition coefficient (Wildman–Crippen LogP) is 0.492. The second kappa shape index (κ2) is 7.72. The Bertz CT molecular complexity index is 800. The third-order valence-electron chi connectivity index (χ3n) is 3.84. The summed E-state index contributed by atoms with van der Waals surface area (Å²) in [6.07, 6.45) is 0.866.